The molecule has 6 heteroatoms. The van der Waals surface area contributed by atoms with Crippen LogP contribution in [0, 0.1) is 0 Å². The van der Waals surface area contributed by atoms with Gasteiger partial charge in [-0.15, -0.1) is 0 Å². The number of aromatic nitrogens is 1. The van der Waals surface area contributed by atoms with Crippen LogP contribution >= 0.6 is 23.2 Å². The van der Waals surface area contributed by atoms with E-state index in [4.69, 9.17) is 28.0 Å². The fraction of sp³-hybridized carbons (Fsp3) is 0.182. The van der Waals surface area contributed by atoms with Gasteiger partial charge in [-0.2, -0.15) is 0 Å². The molecule has 0 aliphatic heterocycles. The largest absolute Gasteiger partial charge is 0.350 e. The molecule has 0 unspecified atom stereocenters. The summed E-state index contributed by atoms with van der Waals surface area (Å²) in [6.45, 7) is 0. The van der Waals surface area contributed by atoms with Gasteiger partial charge >= 0.3 is 0 Å². The van der Waals surface area contributed by atoms with Crippen LogP contribution in [-0.2, 0) is 4.84 Å². The average molecular weight is 273 g/mol. The van der Waals surface area contributed by atoms with E-state index in [1.807, 2.05) is 0 Å². The maximum atomic E-state index is 11.8. The first-order valence-electron chi connectivity index (χ1n) is 4.83. The molecule has 1 N–H and O–H groups in total. The van der Waals surface area contributed by atoms with E-state index in [9.17, 15) is 4.79 Å². The number of hydrogen-bond donors (Lipinski definition) is 1. The third kappa shape index (κ3) is 2.11. The van der Waals surface area contributed by atoms with Crippen molar-refractivity contribution in [2.24, 2.45) is 0 Å². The molecule has 0 bridgehead atoms. The van der Waals surface area contributed by atoms with Gasteiger partial charge in [0.25, 0.3) is 5.91 Å². The molecule has 0 radical (unpaired) electrons. The Hall–Kier alpha value is -1.23. The zero-order valence-electron chi connectivity index (χ0n) is 9.25. The molecule has 90 valence electrons. The second kappa shape index (κ2) is 4.56. The van der Waals surface area contributed by atoms with Crippen molar-refractivity contribution in [3.63, 3.8) is 0 Å². The standard InChI is InChI=1S/C11H10Cl2N2O2/c1-15(17-2)11(16)9-5-6-8(14-9)4-3-7(12)10(6)13/h3-5,14H,1-2H3. The van der Waals surface area contributed by atoms with E-state index in [1.54, 1.807) is 18.2 Å². The van der Waals surface area contributed by atoms with E-state index < -0.39 is 0 Å². The fourth-order valence-corrected chi connectivity index (χ4v) is 1.89. The smallest absolute Gasteiger partial charge is 0.293 e. The van der Waals surface area contributed by atoms with Crippen LogP contribution in [0.4, 0.5) is 0 Å². The molecule has 0 fully saturated rings. The first kappa shape index (κ1) is 12.2. The van der Waals surface area contributed by atoms with Gasteiger partial charge in [-0.05, 0) is 18.2 Å². The van der Waals surface area contributed by atoms with Crippen LogP contribution in [0.1, 0.15) is 10.5 Å². The molecule has 0 aliphatic carbocycles. The van der Waals surface area contributed by atoms with E-state index in [1.165, 1.54) is 14.2 Å². The molecule has 0 atom stereocenters. The lowest BCUT2D eigenvalue weighted by Gasteiger charge is -2.11. The Bertz CT molecular complexity index is 580. The van der Waals surface area contributed by atoms with Gasteiger partial charge in [0.2, 0.25) is 0 Å². The number of aromatic amines is 1. The number of hydrogen-bond acceptors (Lipinski definition) is 2. The lowest BCUT2D eigenvalue weighted by Crippen LogP contribution is -2.25. The number of benzene rings is 1. The maximum Gasteiger partial charge on any atom is 0.293 e. The SMILES string of the molecule is CON(C)C(=O)c1cc2c(Cl)c(Cl)ccc2[nH]1. The molecule has 1 amide bonds. The molecule has 0 saturated carbocycles. The fourth-order valence-electron chi connectivity index (χ4n) is 1.51. The minimum Gasteiger partial charge on any atom is -0.350 e. The van der Waals surface area contributed by atoms with Crippen molar-refractivity contribution in [3.8, 4) is 0 Å². The molecule has 1 heterocycles. The number of H-pyrrole nitrogens is 1. The third-order valence-electron chi connectivity index (χ3n) is 2.48. The summed E-state index contributed by atoms with van der Waals surface area (Å²) < 4.78 is 0. The Kier molecular flexibility index (Phi) is 3.28. The summed E-state index contributed by atoms with van der Waals surface area (Å²) in [5.74, 6) is -0.282. The highest BCUT2D eigenvalue weighted by molar-refractivity contribution is 6.45. The Morgan fingerprint density at radius 3 is 2.76 bits per heavy atom. The van der Waals surface area contributed by atoms with Gasteiger partial charge in [0.15, 0.2) is 0 Å². The number of nitrogens with one attached hydrogen (secondary N) is 1. The van der Waals surface area contributed by atoms with Gasteiger partial charge in [0.05, 0.1) is 17.2 Å². The molecule has 0 saturated heterocycles. The predicted octanol–water partition coefficient (Wildman–Crippen LogP) is 3.11. The second-order valence-electron chi connectivity index (χ2n) is 3.49. The summed E-state index contributed by atoms with van der Waals surface area (Å²) in [7, 11) is 2.95. The van der Waals surface area contributed by atoms with Gasteiger partial charge in [0, 0.05) is 18.0 Å². The highest BCUT2D eigenvalue weighted by Gasteiger charge is 2.15. The number of rotatable bonds is 2. The molecule has 1 aromatic heterocycles. The number of carbonyl (C=O) groups is 1. The van der Waals surface area contributed by atoms with Crippen molar-refractivity contribution in [1.29, 1.82) is 0 Å². The number of hydroxylamine groups is 2. The van der Waals surface area contributed by atoms with E-state index in [2.05, 4.69) is 4.98 Å². The number of nitrogens with zero attached hydrogens (tertiary/aromatic N) is 1. The van der Waals surface area contributed by atoms with Crippen LogP contribution in [0.5, 0.6) is 0 Å². The predicted molar refractivity (Wildman–Crippen MR) is 67.4 cm³/mol. The molecular weight excluding hydrogens is 263 g/mol. The molecule has 17 heavy (non-hydrogen) atoms. The van der Waals surface area contributed by atoms with Gasteiger partial charge in [-0.25, -0.2) is 5.06 Å². The topological polar surface area (TPSA) is 45.3 Å². The molecular formula is C11H10Cl2N2O2. The normalized spacial score (nSPS) is 10.8. The molecule has 1 aromatic carbocycles. The van der Waals surface area contributed by atoms with Gasteiger partial charge in [0.1, 0.15) is 5.69 Å². The van der Waals surface area contributed by atoms with Crippen LogP contribution in [0.2, 0.25) is 10.0 Å². The van der Waals surface area contributed by atoms with Crippen LogP contribution in [0.3, 0.4) is 0 Å². The first-order valence-corrected chi connectivity index (χ1v) is 5.59. The minimum atomic E-state index is -0.282. The molecule has 2 rings (SSSR count). The van der Waals surface area contributed by atoms with Crippen LogP contribution in [0.25, 0.3) is 10.9 Å². The van der Waals surface area contributed by atoms with Crippen molar-refractivity contribution < 1.29 is 9.63 Å². The maximum absolute atomic E-state index is 11.8. The average Bonchev–Trinajstić information content (AvgIpc) is 2.76. The number of carbonyl (C=O) groups excluding carboxylic acids is 1. The Morgan fingerprint density at radius 1 is 1.41 bits per heavy atom. The highest BCUT2D eigenvalue weighted by atomic mass is 35.5. The summed E-state index contributed by atoms with van der Waals surface area (Å²) in [6.07, 6.45) is 0. The molecule has 2 aromatic rings. The number of amides is 1. The zero-order chi connectivity index (χ0) is 12.6. The van der Waals surface area contributed by atoms with Crippen molar-refractivity contribution in [3.05, 3.63) is 33.9 Å². The number of halogens is 2. The Balaban J connectivity index is 2.52. The van der Waals surface area contributed by atoms with E-state index in [-0.39, 0.29) is 5.91 Å². The summed E-state index contributed by atoms with van der Waals surface area (Å²) in [5, 5.41) is 2.73. The Morgan fingerprint density at radius 2 is 2.12 bits per heavy atom. The van der Waals surface area contributed by atoms with Crippen molar-refractivity contribution in [2.75, 3.05) is 14.2 Å². The summed E-state index contributed by atoms with van der Waals surface area (Å²) in [4.78, 5) is 19.6. The monoisotopic (exact) mass is 272 g/mol. The highest BCUT2D eigenvalue weighted by Crippen LogP contribution is 2.31. The minimum absolute atomic E-state index is 0.282. The lowest BCUT2D eigenvalue weighted by molar-refractivity contribution is -0.0759. The van der Waals surface area contributed by atoms with E-state index in [0.29, 0.717) is 21.1 Å². The van der Waals surface area contributed by atoms with E-state index in [0.717, 1.165) is 10.6 Å². The lowest BCUT2D eigenvalue weighted by atomic mass is 10.2. The quantitative estimate of drug-likeness (QED) is 0.854. The second-order valence-corrected chi connectivity index (χ2v) is 4.28. The molecule has 0 spiro atoms. The summed E-state index contributed by atoms with van der Waals surface area (Å²) in [6, 6.07) is 5.10. The number of fused-ring (bicyclic) bond motifs is 1. The first-order chi connectivity index (χ1) is 8.04. The summed E-state index contributed by atoms with van der Waals surface area (Å²) in [5.41, 5.74) is 1.15. The molecule has 0 aliphatic rings. The third-order valence-corrected chi connectivity index (χ3v) is 3.30. The van der Waals surface area contributed by atoms with Crippen LogP contribution in [-0.4, -0.2) is 30.1 Å². The van der Waals surface area contributed by atoms with Crippen molar-refractivity contribution in [2.45, 2.75) is 0 Å². The zero-order valence-corrected chi connectivity index (χ0v) is 10.8. The van der Waals surface area contributed by atoms with Crippen LogP contribution < -0.4 is 0 Å². The van der Waals surface area contributed by atoms with Gasteiger partial charge in [-0.3, -0.25) is 9.63 Å². The van der Waals surface area contributed by atoms with E-state index >= 15 is 0 Å². The van der Waals surface area contributed by atoms with Crippen molar-refractivity contribution >= 4 is 40.0 Å². The van der Waals surface area contributed by atoms with Crippen molar-refractivity contribution in [1.82, 2.24) is 10.0 Å². The summed E-state index contributed by atoms with van der Waals surface area (Å²) >= 11 is 11.9. The Labute approximate surface area is 108 Å². The van der Waals surface area contributed by atoms with Gasteiger partial charge < -0.3 is 4.98 Å². The van der Waals surface area contributed by atoms with Gasteiger partial charge in [-0.1, -0.05) is 23.2 Å². The van der Waals surface area contributed by atoms with Crippen LogP contribution in [0.15, 0.2) is 18.2 Å². The molecule has 4 nitrogen and oxygen atoms in total.